The highest BCUT2D eigenvalue weighted by molar-refractivity contribution is 14.1. The van der Waals surface area contributed by atoms with Crippen LogP contribution in [0.1, 0.15) is 47.2 Å². The maximum atomic E-state index is 12.9. The molecule has 1 aromatic rings. The van der Waals surface area contributed by atoms with Gasteiger partial charge in [-0.15, -0.1) is 11.3 Å². The molecule has 0 amide bonds. The number of nitrogens with zero attached hydrogens (tertiary/aromatic N) is 1. The van der Waals surface area contributed by atoms with Gasteiger partial charge in [-0.1, -0.05) is 0 Å². The lowest BCUT2D eigenvalue weighted by molar-refractivity contribution is -0.215. The first-order valence-electron chi connectivity index (χ1n) is 6.86. The van der Waals surface area contributed by atoms with Crippen LogP contribution in [0.3, 0.4) is 0 Å². The van der Waals surface area contributed by atoms with E-state index in [-0.39, 0.29) is 42.2 Å². The number of alkyl halides is 7. The van der Waals surface area contributed by atoms with Crippen molar-refractivity contribution in [1.29, 1.82) is 0 Å². The van der Waals surface area contributed by atoms with Gasteiger partial charge in [0.25, 0.3) is 0 Å². The van der Waals surface area contributed by atoms with Crippen molar-refractivity contribution in [2.24, 2.45) is 5.92 Å². The van der Waals surface area contributed by atoms with Gasteiger partial charge in [0.2, 0.25) is 3.61 Å². The average molecular weight is 473 g/mol. The Hall–Kier alpha value is -0.100. The molecule has 1 aliphatic rings. The number of aromatic nitrogens is 1. The van der Waals surface area contributed by atoms with E-state index in [0.29, 0.717) is 5.01 Å². The van der Waals surface area contributed by atoms with Crippen LogP contribution in [-0.2, 0) is 3.61 Å². The topological polar surface area (TPSA) is 33.1 Å². The van der Waals surface area contributed by atoms with Gasteiger partial charge in [-0.3, -0.25) is 0 Å². The molecule has 1 fully saturated rings. The minimum Gasteiger partial charge on any atom is -0.367 e. The molecular weight excluding hydrogens is 459 g/mol. The summed E-state index contributed by atoms with van der Waals surface area (Å²) in [6.45, 7) is 1.37. The highest BCUT2D eigenvalue weighted by Gasteiger charge is 2.55. The molecule has 10 heteroatoms. The summed E-state index contributed by atoms with van der Waals surface area (Å²) in [5.74, 6) is -1.64. The third-order valence-electron chi connectivity index (χ3n) is 4.03. The van der Waals surface area contributed by atoms with Crippen molar-refractivity contribution in [3.05, 3.63) is 15.6 Å². The van der Waals surface area contributed by atoms with Crippen LogP contribution in [0.15, 0.2) is 0 Å². The van der Waals surface area contributed by atoms with Crippen LogP contribution in [0.2, 0.25) is 0 Å². The fourth-order valence-electron chi connectivity index (χ4n) is 2.70. The first-order valence-corrected chi connectivity index (χ1v) is 8.76. The summed E-state index contributed by atoms with van der Waals surface area (Å²) in [5, 5.41) is 10.1. The van der Waals surface area contributed by atoms with Gasteiger partial charge < -0.3 is 5.11 Å². The monoisotopic (exact) mass is 473 g/mol. The summed E-state index contributed by atoms with van der Waals surface area (Å²) in [5.41, 5.74) is 0.0668. The van der Waals surface area contributed by atoms with Crippen molar-refractivity contribution in [2.75, 3.05) is 0 Å². The molecule has 1 aliphatic carbocycles. The SMILES string of the molecule is Cc1nc(C2CCC(C(F)(F)F)CC2)sc1C(O)(I)C(F)(F)F. The Bertz CT molecular complexity index is 560. The zero-order chi connectivity index (χ0) is 17.6. The first-order chi connectivity index (χ1) is 10.3. The maximum Gasteiger partial charge on any atom is 0.431 e. The Morgan fingerprint density at radius 1 is 1.09 bits per heavy atom. The van der Waals surface area contributed by atoms with Gasteiger partial charge in [0.15, 0.2) is 0 Å². The Kier molecular flexibility index (Phi) is 5.28. The normalized spacial score (nSPS) is 26.1. The van der Waals surface area contributed by atoms with E-state index in [1.807, 2.05) is 0 Å². The molecule has 2 rings (SSSR count). The fourth-order valence-corrected chi connectivity index (χ4v) is 4.65. The van der Waals surface area contributed by atoms with Gasteiger partial charge in [0, 0.05) is 5.92 Å². The number of hydrogen-bond acceptors (Lipinski definition) is 3. The molecule has 0 radical (unpaired) electrons. The smallest absolute Gasteiger partial charge is 0.367 e. The summed E-state index contributed by atoms with van der Waals surface area (Å²) >= 11 is 1.66. The molecule has 1 heterocycles. The van der Waals surface area contributed by atoms with E-state index in [1.165, 1.54) is 6.92 Å². The van der Waals surface area contributed by atoms with Crippen LogP contribution in [0.25, 0.3) is 0 Å². The zero-order valence-electron chi connectivity index (χ0n) is 11.9. The highest BCUT2D eigenvalue weighted by Crippen LogP contribution is 2.50. The number of halogens is 7. The molecule has 0 bridgehead atoms. The number of hydrogen-bond donors (Lipinski definition) is 1. The van der Waals surface area contributed by atoms with Gasteiger partial charge in [-0.2, -0.15) is 26.3 Å². The second-order valence-electron chi connectivity index (χ2n) is 5.68. The van der Waals surface area contributed by atoms with Crippen molar-refractivity contribution in [2.45, 2.75) is 54.5 Å². The van der Waals surface area contributed by atoms with Crippen molar-refractivity contribution < 1.29 is 31.4 Å². The molecule has 1 aromatic heterocycles. The summed E-state index contributed by atoms with van der Waals surface area (Å²) < 4.78 is 73.7. The van der Waals surface area contributed by atoms with Gasteiger partial charge in [0.05, 0.1) is 21.5 Å². The largest absolute Gasteiger partial charge is 0.431 e. The predicted molar refractivity (Wildman–Crippen MR) is 81.6 cm³/mol. The number of rotatable bonds is 2. The second-order valence-corrected chi connectivity index (χ2v) is 8.27. The number of thiazole rings is 1. The number of aryl methyl sites for hydroxylation is 1. The Morgan fingerprint density at radius 3 is 2.04 bits per heavy atom. The van der Waals surface area contributed by atoms with Crippen molar-refractivity contribution >= 4 is 33.9 Å². The van der Waals surface area contributed by atoms with E-state index < -0.39 is 21.9 Å². The lowest BCUT2D eigenvalue weighted by Gasteiger charge is -2.28. The van der Waals surface area contributed by atoms with Crippen LogP contribution < -0.4 is 0 Å². The quantitative estimate of drug-likeness (QED) is 0.353. The Morgan fingerprint density at radius 2 is 1.61 bits per heavy atom. The van der Waals surface area contributed by atoms with Crippen LogP contribution in [-0.4, -0.2) is 22.4 Å². The summed E-state index contributed by atoms with van der Waals surface area (Å²) in [6, 6.07) is 0. The lowest BCUT2D eigenvalue weighted by atomic mass is 9.82. The van der Waals surface area contributed by atoms with Gasteiger partial charge in [-0.05, 0) is 55.2 Å². The average Bonchev–Trinajstić information content (AvgIpc) is 2.79. The minimum absolute atomic E-state index is 0.0457. The van der Waals surface area contributed by atoms with Crippen molar-refractivity contribution in [3.63, 3.8) is 0 Å². The summed E-state index contributed by atoms with van der Waals surface area (Å²) in [4.78, 5) is 3.77. The predicted octanol–water partition coefficient (Wildman–Crippen LogP) is 5.43. The Labute approximate surface area is 146 Å². The van der Waals surface area contributed by atoms with E-state index >= 15 is 0 Å². The number of aliphatic hydroxyl groups is 1. The van der Waals surface area contributed by atoms with Gasteiger partial charge in [0.1, 0.15) is 0 Å². The molecule has 1 N–H and O–H groups in total. The summed E-state index contributed by atoms with van der Waals surface area (Å²) in [6.07, 6.45) is -8.69. The molecule has 0 spiro atoms. The van der Waals surface area contributed by atoms with Gasteiger partial charge >= 0.3 is 12.4 Å². The molecular formula is C13H14F6INOS. The third-order valence-corrected chi connectivity index (χ3v) is 6.97. The van der Waals surface area contributed by atoms with Crippen molar-refractivity contribution in [3.8, 4) is 0 Å². The molecule has 132 valence electrons. The second kappa shape index (κ2) is 6.32. The third kappa shape index (κ3) is 3.94. The minimum atomic E-state index is -4.85. The molecule has 0 saturated heterocycles. The van der Waals surface area contributed by atoms with Crippen LogP contribution in [0.4, 0.5) is 26.3 Å². The fraction of sp³-hybridized carbons (Fsp3) is 0.769. The van der Waals surface area contributed by atoms with Crippen LogP contribution in [0, 0.1) is 12.8 Å². The maximum absolute atomic E-state index is 12.9. The zero-order valence-corrected chi connectivity index (χ0v) is 14.9. The standard InChI is InChI=1S/C13H14F6INOS/c1-6-9(11(20,22)13(17,18)19)23-10(21-6)7-2-4-8(5-3-7)12(14,15)16/h7-8,22H,2-5H2,1H3. The van der Waals surface area contributed by atoms with Crippen molar-refractivity contribution in [1.82, 2.24) is 4.98 Å². The van der Waals surface area contributed by atoms with E-state index in [0.717, 1.165) is 33.9 Å². The van der Waals surface area contributed by atoms with Crippen LogP contribution in [0.5, 0.6) is 0 Å². The van der Waals surface area contributed by atoms with Crippen LogP contribution >= 0.6 is 33.9 Å². The molecule has 1 atom stereocenters. The molecule has 1 unspecified atom stereocenters. The molecule has 2 nitrogen and oxygen atoms in total. The van der Waals surface area contributed by atoms with E-state index in [1.54, 1.807) is 0 Å². The Balaban J connectivity index is 2.17. The molecule has 23 heavy (non-hydrogen) atoms. The van der Waals surface area contributed by atoms with E-state index in [2.05, 4.69) is 4.98 Å². The summed E-state index contributed by atoms with van der Waals surface area (Å²) in [7, 11) is 0. The van der Waals surface area contributed by atoms with E-state index in [4.69, 9.17) is 0 Å². The lowest BCUT2D eigenvalue weighted by Crippen LogP contribution is -2.35. The first kappa shape index (κ1) is 19.2. The highest BCUT2D eigenvalue weighted by atomic mass is 127. The molecule has 1 saturated carbocycles. The molecule has 0 aliphatic heterocycles. The van der Waals surface area contributed by atoms with E-state index in [9.17, 15) is 31.4 Å². The molecule has 0 aromatic carbocycles. The van der Waals surface area contributed by atoms with Gasteiger partial charge in [-0.25, -0.2) is 4.98 Å².